The predicted octanol–water partition coefficient (Wildman–Crippen LogP) is 2.07. The minimum Gasteiger partial charge on any atom is -0.300 e. The molecule has 22 heavy (non-hydrogen) atoms. The molecule has 0 bridgehead atoms. The van der Waals surface area contributed by atoms with Gasteiger partial charge in [-0.25, -0.2) is 4.98 Å². The van der Waals surface area contributed by atoms with Crippen molar-refractivity contribution in [2.75, 3.05) is 5.32 Å². The number of fused-ring (bicyclic) bond motifs is 1. The van der Waals surface area contributed by atoms with Crippen LogP contribution >= 0.6 is 11.3 Å². The number of carbonyl (C=O) groups excluding carboxylic acids is 3. The fourth-order valence-corrected chi connectivity index (χ4v) is 2.97. The molecule has 7 heteroatoms. The van der Waals surface area contributed by atoms with Crippen molar-refractivity contribution in [3.63, 3.8) is 0 Å². The molecule has 1 atom stereocenters. The molecular formula is C15H13N3O3S. The lowest BCUT2D eigenvalue weighted by atomic mass is 10.1. The number of thiazole rings is 1. The summed E-state index contributed by atoms with van der Waals surface area (Å²) in [6.07, 6.45) is 1.65. The van der Waals surface area contributed by atoms with Crippen molar-refractivity contribution in [3.05, 3.63) is 46.5 Å². The second-order valence-corrected chi connectivity index (χ2v) is 6.20. The van der Waals surface area contributed by atoms with Gasteiger partial charge in [0.25, 0.3) is 11.8 Å². The van der Waals surface area contributed by atoms with E-state index in [2.05, 4.69) is 10.3 Å². The zero-order valence-electron chi connectivity index (χ0n) is 12.0. The van der Waals surface area contributed by atoms with Gasteiger partial charge in [-0.15, -0.1) is 11.3 Å². The normalized spacial score (nSPS) is 14.9. The Morgan fingerprint density at radius 1 is 1.23 bits per heavy atom. The fourth-order valence-electron chi connectivity index (χ4n) is 2.30. The third kappa shape index (κ3) is 2.29. The highest BCUT2D eigenvalue weighted by Crippen LogP contribution is 2.25. The van der Waals surface area contributed by atoms with Crippen LogP contribution in [0.15, 0.2) is 30.5 Å². The lowest BCUT2D eigenvalue weighted by Crippen LogP contribution is -2.45. The Morgan fingerprint density at radius 2 is 1.82 bits per heavy atom. The van der Waals surface area contributed by atoms with Crippen LogP contribution in [0.2, 0.25) is 0 Å². The molecule has 2 aromatic rings. The third-order valence-electron chi connectivity index (χ3n) is 3.44. The Hall–Kier alpha value is -2.54. The number of carbonyl (C=O) groups is 3. The standard InChI is InChI=1S/C15H13N3O3S/c1-8-7-16-15(22-8)17-12(19)9(2)18-13(20)10-5-3-4-6-11(10)14(18)21/h3-7,9H,1-2H3,(H,16,17,19)/t9-/m1/s1. The summed E-state index contributed by atoms with van der Waals surface area (Å²) in [4.78, 5) is 42.9. The third-order valence-corrected chi connectivity index (χ3v) is 4.27. The van der Waals surface area contributed by atoms with Gasteiger partial charge in [-0.3, -0.25) is 19.3 Å². The van der Waals surface area contributed by atoms with Crippen LogP contribution in [-0.4, -0.2) is 33.6 Å². The summed E-state index contributed by atoms with van der Waals surface area (Å²) in [6.45, 7) is 3.40. The quantitative estimate of drug-likeness (QED) is 0.879. The summed E-state index contributed by atoms with van der Waals surface area (Å²) in [5.74, 6) is -1.33. The van der Waals surface area contributed by atoms with Crippen molar-refractivity contribution in [2.24, 2.45) is 0 Å². The maximum atomic E-state index is 12.3. The second-order valence-electron chi connectivity index (χ2n) is 4.97. The topological polar surface area (TPSA) is 79.4 Å². The molecule has 0 spiro atoms. The van der Waals surface area contributed by atoms with Gasteiger partial charge in [0.1, 0.15) is 6.04 Å². The van der Waals surface area contributed by atoms with E-state index in [4.69, 9.17) is 0 Å². The first-order valence-corrected chi connectivity index (χ1v) is 7.51. The van der Waals surface area contributed by atoms with Crippen LogP contribution in [0.1, 0.15) is 32.5 Å². The Balaban J connectivity index is 1.81. The van der Waals surface area contributed by atoms with Gasteiger partial charge in [-0.2, -0.15) is 0 Å². The molecule has 6 nitrogen and oxygen atoms in total. The molecule has 0 unspecified atom stereocenters. The van der Waals surface area contributed by atoms with Gasteiger partial charge in [-0.05, 0) is 26.0 Å². The van der Waals surface area contributed by atoms with Gasteiger partial charge in [0.15, 0.2) is 5.13 Å². The van der Waals surface area contributed by atoms with Crippen LogP contribution in [-0.2, 0) is 4.79 Å². The van der Waals surface area contributed by atoms with E-state index in [1.165, 1.54) is 18.3 Å². The highest BCUT2D eigenvalue weighted by Gasteiger charge is 2.40. The monoisotopic (exact) mass is 315 g/mol. The number of nitrogens with one attached hydrogen (secondary N) is 1. The Kier molecular flexibility index (Phi) is 3.50. The van der Waals surface area contributed by atoms with E-state index in [0.29, 0.717) is 16.3 Å². The smallest absolute Gasteiger partial charge is 0.262 e. The van der Waals surface area contributed by atoms with Gasteiger partial charge in [0, 0.05) is 11.1 Å². The predicted molar refractivity (Wildman–Crippen MR) is 81.9 cm³/mol. The molecule has 1 N–H and O–H groups in total. The molecule has 1 aliphatic rings. The molecule has 1 aromatic carbocycles. The number of hydrogen-bond acceptors (Lipinski definition) is 5. The summed E-state index contributed by atoms with van der Waals surface area (Å²) in [5.41, 5.74) is 0.662. The van der Waals surface area contributed by atoms with E-state index >= 15 is 0 Å². The van der Waals surface area contributed by atoms with Crippen LogP contribution in [0.4, 0.5) is 5.13 Å². The van der Waals surface area contributed by atoms with E-state index in [1.54, 1.807) is 30.5 Å². The highest BCUT2D eigenvalue weighted by molar-refractivity contribution is 7.15. The molecule has 0 saturated heterocycles. The van der Waals surface area contributed by atoms with Gasteiger partial charge >= 0.3 is 0 Å². The minimum absolute atomic E-state index is 0.331. The van der Waals surface area contributed by atoms with E-state index < -0.39 is 23.8 Å². The molecular weight excluding hydrogens is 302 g/mol. The van der Waals surface area contributed by atoms with Gasteiger partial charge in [0.2, 0.25) is 5.91 Å². The molecule has 3 rings (SSSR count). The molecule has 3 amide bonds. The number of aromatic nitrogens is 1. The maximum Gasteiger partial charge on any atom is 0.262 e. The minimum atomic E-state index is -0.906. The zero-order chi connectivity index (χ0) is 15.9. The van der Waals surface area contributed by atoms with Gasteiger partial charge in [-0.1, -0.05) is 12.1 Å². The Bertz CT molecular complexity index is 749. The van der Waals surface area contributed by atoms with Crippen molar-refractivity contribution in [1.82, 2.24) is 9.88 Å². The van der Waals surface area contributed by atoms with E-state index in [-0.39, 0.29) is 0 Å². The SMILES string of the molecule is Cc1cnc(NC(=O)[C@@H](C)N2C(=O)c3ccccc3C2=O)s1. The average Bonchev–Trinajstić information content (AvgIpc) is 3.01. The summed E-state index contributed by atoms with van der Waals surface area (Å²) in [7, 11) is 0. The van der Waals surface area contributed by atoms with Crippen molar-refractivity contribution >= 4 is 34.2 Å². The molecule has 0 fully saturated rings. The lowest BCUT2D eigenvalue weighted by molar-refractivity contribution is -0.119. The summed E-state index contributed by atoms with van der Waals surface area (Å²) in [5, 5.41) is 3.08. The molecule has 2 heterocycles. The number of aryl methyl sites for hydroxylation is 1. The average molecular weight is 315 g/mol. The number of hydrogen-bond donors (Lipinski definition) is 1. The molecule has 0 saturated carbocycles. The van der Waals surface area contributed by atoms with Crippen LogP contribution < -0.4 is 5.32 Å². The number of anilines is 1. The molecule has 1 aromatic heterocycles. The van der Waals surface area contributed by atoms with Gasteiger partial charge in [0.05, 0.1) is 11.1 Å². The van der Waals surface area contributed by atoms with Crippen LogP contribution in [0.5, 0.6) is 0 Å². The Labute approximate surface area is 130 Å². The molecule has 1 aliphatic heterocycles. The molecule has 112 valence electrons. The van der Waals surface area contributed by atoms with E-state index in [9.17, 15) is 14.4 Å². The second kappa shape index (κ2) is 5.34. The number of nitrogens with zero attached hydrogens (tertiary/aromatic N) is 2. The Morgan fingerprint density at radius 3 is 2.32 bits per heavy atom. The summed E-state index contributed by atoms with van der Waals surface area (Å²) in [6, 6.07) is 5.65. The molecule has 0 aliphatic carbocycles. The van der Waals surface area contributed by atoms with Crippen molar-refractivity contribution < 1.29 is 14.4 Å². The number of imide groups is 1. The molecule has 0 radical (unpaired) electrons. The number of amides is 3. The van der Waals surface area contributed by atoms with Crippen molar-refractivity contribution in [3.8, 4) is 0 Å². The number of rotatable bonds is 3. The summed E-state index contributed by atoms with van der Waals surface area (Å²) >= 11 is 1.33. The summed E-state index contributed by atoms with van der Waals surface area (Å²) < 4.78 is 0. The van der Waals surface area contributed by atoms with Crippen LogP contribution in [0.25, 0.3) is 0 Å². The lowest BCUT2D eigenvalue weighted by Gasteiger charge is -2.21. The fraction of sp³-hybridized carbons (Fsp3) is 0.200. The van der Waals surface area contributed by atoms with Crippen molar-refractivity contribution in [2.45, 2.75) is 19.9 Å². The van der Waals surface area contributed by atoms with E-state index in [0.717, 1.165) is 9.78 Å². The first-order chi connectivity index (χ1) is 10.5. The largest absolute Gasteiger partial charge is 0.300 e. The first-order valence-electron chi connectivity index (χ1n) is 6.69. The first kappa shape index (κ1) is 14.4. The van der Waals surface area contributed by atoms with E-state index in [1.807, 2.05) is 6.92 Å². The van der Waals surface area contributed by atoms with Crippen molar-refractivity contribution in [1.29, 1.82) is 0 Å². The maximum absolute atomic E-state index is 12.3. The zero-order valence-corrected chi connectivity index (χ0v) is 12.8. The highest BCUT2D eigenvalue weighted by atomic mass is 32.1. The van der Waals surface area contributed by atoms with Crippen LogP contribution in [0, 0.1) is 6.92 Å². The number of benzene rings is 1. The van der Waals surface area contributed by atoms with Gasteiger partial charge < -0.3 is 5.32 Å². The van der Waals surface area contributed by atoms with Crippen LogP contribution in [0.3, 0.4) is 0 Å².